The van der Waals surface area contributed by atoms with Crippen molar-refractivity contribution in [2.45, 2.75) is 26.4 Å². The van der Waals surface area contributed by atoms with E-state index in [1.807, 2.05) is 0 Å². The zero-order valence-corrected chi connectivity index (χ0v) is 12.4. The van der Waals surface area contributed by atoms with Crippen molar-refractivity contribution >= 4 is 28.2 Å². The van der Waals surface area contributed by atoms with Gasteiger partial charge in [0, 0.05) is 4.47 Å². The molecule has 19 heavy (non-hydrogen) atoms. The molecule has 0 aliphatic rings. The smallest absolute Gasteiger partial charge is 0.344 e. The van der Waals surface area contributed by atoms with Gasteiger partial charge in [-0.3, -0.25) is 4.79 Å². The van der Waals surface area contributed by atoms with Gasteiger partial charge < -0.3 is 9.47 Å². The van der Waals surface area contributed by atoms with E-state index in [2.05, 4.69) is 15.9 Å². The predicted molar refractivity (Wildman–Crippen MR) is 70.8 cm³/mol. The van der Waals surface area contributed by atoms with E-state index in [1.165, 1.54) is 6.07 Å². The molecule has 0 bridgehead atoms. The van der Waals surface area contributed by atoms with Crippen molar-refractivity contribution in [2.75, 3.05) is 6.61 Å². The summed E-state index contributed by atoms with van der Waals surface area (Å²) in [6.45, 7) is 4.67. The fourth-order valence-corrected chi connectivity index (χ4v) is 1.77. The van der Waals surface area contributed by atoms with Crippen LogP contribution in [-0.4, -0.2) is 24.5 Å². The molecule has 4 nitrogen and oxygen atoms in total. The molecule has 1 aromatic rings. The number of carbonyl (C=O) groups excluding carboxylic acids is 2. The second kappa shape index (κ2) is 6.14. The normalized spacial score (nSPS) is 11.0. The first-order valence-corrected chi connectivity index (χ1v) is 6.31. The average molecular weight is 333 g/mol. The lowest BCUT2D eigenvalue weighted by molar-refractivity contribution is -0.157. The van der Waals surface area contributed by atoms with Gasteiger partial charge in [-0.1, -0.05) is 15.9 Å². The average Bonchev–Trinajstić information content (AvgIpc) is 2.24. The molecule has 0 fully saturated rings. The van der Waals surface area contributed by atoms with Crippen molar-refractivity contribution < 1.29 is 23.5 Å². The maximum absolute atomic E-state index is 13.6. The highest BCUT2D eigenvalue weighted by atomic mass is 79.9. The SMILES string of the molecule is CC(C)(C)OC(=O)COc1c(F)cc(Br)cc1C=O. The molecular weight excluding hydrogens is 319 g/mol. The zero-order valence-electron chi connectivity index (χ0n) is 10.8. The first kappa shape index (κ1) is 15.6. The van der Waals surface area contributed by atoms with Crippen LogP contribution in [0.4, 0.5) is 4.39 Å². The summed E-state index contributed by atoms with van der Waals surface area (Å²) in [5, 5.41) is 0. The molecule has 0 saturated carbocycles. The van der Waals surface area contributed by atoms with Crippen LogP contribution in [0.25, 0.3) is 0 Å². The lowest BCUT2D eigenvalue weighted by Gasteiger charge is -2.19. The molecule has 0 aliphatic heterocycles. The number of esters is 1. The number of ether oxygens (including phenoxy) is 2. The maximum Gasteiger partial charge on any atom is 0.344 e. The fraction of sp³-hybridized carbons (Fsp3) is 0.385. The quantitative estimate of drug-likeness (QED) is 0.628. The van der Waals surface area contributed by atoms with Crippen LogP contribution in [0.3, 0.4) is 0 Å². The van der Waals surface area contributed by atoms with E-state index in [9.17, 15) is 14.0 Å². The molecule has 0 heterocycles. The summed E-state index contributed by atoms with van der Waals surface area (Å²) in [5.74, 6) is -1.62. The van der Waals surface area contributed by atoms with Crippen molar-refractivity contribution in [1.82, 2.24) is 0 Å². The second-order valence-electron chi connectivity index (χ2n) is 4.80. The van der Waals surface area contributed by atoms with Gasteiger partial charge in [-0.15, -0.1) is 0 Å². The largest absolute Gasteiger partial charge is 0.478 e. The van der Waals surface area contributed by atoms with Crippen LogP contribution in [0.5, 0.6) is 5.75 Å². The standard InChI is InChI=1S/C13H14BrFO4/c1-13(2,3)19-11(17)7-18-12-8(6-16)4-9(14)5-10(12)15/h4-6H,7H2,1-3H3. The summed E-state index contributed by atoms with van der Waals surface area (Å²) in [6.07, 6.45) is 0.457. The number of aldehydes is 1. The van der Waals surface area contributed by atoms with Crippen LogP contribution in [-0.2, 0) is 9.53 Å². The van der Waals surface area contributed by atoms with E-state index in [1.54, 1.807) is 20.8 Å². The van der Waals surface area contributed by atoms with Gasteiger partial charge in [0.2, 0.25) is 0 Å². The van der Waals surface area contributed by atoms with Crippen molar-refractivity contribution in [2.24, 2.45) is 0 Å². The maximum atomic E-state index is 13.6. The molecule has 0 amide bonds. The van der Waals surface area contributed by atoms with Crippen molar-refractivity contribution in [3.8, 4) is 5.75 Å². The van der Waals surface area contributed by atoms with Crippen LogP contribution < -0.4 is 4.74 Å². The molecule has 0 spiro atoms. The Bertz CT molecular complexity index is 494. The lowest BCUT2D eigenvalue weighted by Crippen LogP contribution is -2.27. The number of hydrogen-bond acceptors (Lipinski definition) is 4. The first-order chi connectivity index (χ1) is 8.73. The van der Waals surface area contributed by atoms with Gasteiger partial charge in [0.05, 0.1) is 5.56 Å². The molecule has 1 rings (SSSR count). The number of carbonyl (C=O) groups is 2. The van der Waals surface area contributed by atoms with Gasteiger partial charge in [-0.05, 0) is 32.9 Å². The predicted octanol–water partition coefficient (Wildman–Crippen LogP) is 3.12. The highest BCUT2D eigenvalue weighted by Gasteiger charge is 2.18. The van der Waals surface area contributed by atoms with Crippen LogP contribution in [0, 0.1) is 5.82 Å². The lowest BCUT2D eigenvalue weighted by atomic mass is 10.2. The Hall–Kier alpha value is -1.43. The number of rotatable bonds is 4. The van der Waals surface area contributed by atoms with E-state index >= 15 is 0 Å². The molecule has 0 radical (unpaired) electrons. The fourth-order valence-electron chi connectivity index (χ4n) is 1.32. The van der Waals surface area contributed by atoms with Gasteiger partial charge in [0.1, 0.15) is 5.60 Å². The Morgan fingerprint density at radius 2 is 2.05 bits per heavy atom. The third-order valence-corrected chi connectivity index (χ3v) is 2.38. The summed E-state index contributed by atoms with van der Waals surface area (Å²) in [6, 6.07) is 2.55. The molecule has 0 atom stereocenters. The Morgan fingerprint density at radius 3 is 2.58 bits per heavy atom. The Balaban J connectivity index is 2.78. The minimum atomic E-state index is -0.722. The first-order valence-electron chi connectivity index (χ1n) is 5.52. The van der Waals surface area contributed by atoms with Gasteiger partial charge in [0.25, 0.3) is 0 Å². The highest BCUT2D eigenvalue weighted by molar-refractivity contribution is 9.10. The molecule has 0 aliphatic carbocycles. The molecule has 6 heteroatoms. The summed E-state index contributed by atoms with van der Waals surface area (Å²) >= 11 is 3.06. The summed E-state index contributed by atoms with van der Waals surface area (Å²) in [5.41, 5.74) is -0.623. The molecule has 0 unspecified atom stereocenters. The Kier molecular flexibility index (Phi) is 5.05. The third-order valence-electron chi connectivity index (χ3n) is 1.92. The van der Waals surface area contributed by atoms with Crippen molar-refractivity contribution in [3.05, 3.63) is 28.0 Å². The van der Waals surface area contributed by atoms with Gasteiger partial charge in [-0.2, -0.15) is 0 Å². The van der Waals surface area contributed by atoms with Crippen molar-refractivity contribution in [1.29, 1.82) is 0 Å². The van der Waals surface area contributed by atoms with Gasteiger partial charge >= 0.3 is 5.97 Å². The van der Waals surface area contributed by atoms with Crippen LogP contribution in [0.2, 0.25) is 0 Å². The summed E-state index contributed by atoms with van der Waals surface area (Å²) in [4.78, 5) is 22.3. The minimum Gasteiger partial charge on any atom is -0.478 e. The number of hydrogen-bond donors (Lipinski definition) is 0. The molecular formula is C13H14BrFO4. The van der Waals surface area contributed by atoms with Crippen LogP contribution in [0.15, 0.2) is 16.6 Å². The number of halogens is 2. The Morgan fingerprint density at radius 1 is 1.42 bits per heavy atom. The molecule has 0 aromatic heterocycles. The van der Waals surface area contributed by atoms with Crippen molar-refractivity contribution in [3.63, 3.8) is 0 Å². The van der Waals surface area contributed by atoms with Gasteiger partial charge in [-0.25, -0.2) is 9.18 Å². The third kappa shape index (κ3) is 4.98. The second-order valence-corrected chi connectivity index (χ2v) is 5.71. The minimum absolute atomic E-state index is 0.0235. The van der Waals surface area contributed by atoms with Gasteiger partial charge in [0.15, 0.2) is 24.5 Å². The zero-order chi connectivity index (χ0) is 14.6. The Labute approximate surface area is 119 Å². The van der Waals surface area contributed by atoms with Crippen LogP contribution >= 0.6 is 15.9 Å². The van der Waals surface area contributed by atoms with E-state index in [0.29, 0.717) is 10.8 Å². The topological polar surface area (TPSA) is 52.6 Å². The van der Waals surface area contributed by atoms with E-state index in [-0.39, 0.29) is 11.3 Å². The summed E-state index contributed by atoms with van der Waals surface area (Å²) < 4.78 is 24.1. The van der Waals surface area contributed by atoms with E-state index in [0.717, 1.165) is 6.07 Å². The summed E-state index contributed by atoms with van der Waals surface area (Å²) in [7, 11) is 0. The molecule has 0 saturated heterocycles. The van der Waals surface area contributed by atoms with E-state index < -0.39 is 24.0 Å². The highest BCUT2D eigenvalue weighted by Crippen LogP contribution is 2.26. The molecule has 1 aromatic carbocycles. The molecule has 104 valence electrons. The number of benzene rings is 1. The van der Waals surface area contributed by atoms with Crippen LogP contribution in [0.1, 0.15) is 31.1 Å². The molecule has 0 N–H and O–H groups in total. The monoisotopic (exact) mass is 332 g/mol. The van der Waals surface area contributed by atoms with E-state index in [4.69, 9.17) is 9.47 Å².